The van der Waals surface area contributed by atoms with Gasteiger partial charge in [-0.3, -0.25) is 9.59 Å². The van der Waals surface area contributed by atoms with Gasteiger partial charge in [-0.15, -0.1) is 0 Å². The molecule has 1 aliphatic heterocycles. The summed E-state index contributed by atoms with van der Waals surface area (Å²) in [5.74, 6) is -1.51. The van der Waals surface area contributed by atoms with E-state index in [2.05, 4.69) is 10.6 Å². The van der Waals surface area contributed by atoms with Gasteiger partial charge < -0.3 is 15.5 Å². The molecule has 7 heteroatoms. The average Bonchev–Trinajstić information content (AvgIpc) is 2.72. The molecule has 1 fully saturated rings. The van der Waals surface area contributed by atoms with E-state index in [0.29, 0.717) is 31.5 Å². The van der Waals surface area contributed by atoms with Crippen molar-refractivity contribution in [3.63, 3.8) is 0 Å². The van der Waals surface area contributed by atoms with Crippen molar-refractivity contribution >= 4 is 17.5 Å². The van der Waals surface area contributed by atoms with Crippen molar-refractivity contribution in [1.29, 1.82) is 0 Å². The van der Waals surface area contributed by atoms with Crippen molar-refractivity contribution in [2.75, 3.05) is 25.0 Å². The Morgan fingerprint density at radius 2 is 1.79 bits per heavy atom. The van der Waals surface area contributed by atoms with E-state index in [0.717, 1.165) is 11.8 Å². The molecule has 3 rings (SSSR count). The van der Waals surface area contributed by atoms with E-state index in [1.807, 2.05) is 30.3 Å². The molecule has 154 valence electrons. The third-order valence-electron chi connectivity index (χ3n) is 5.25. The Bertz CT molecular complexity index is 852. The Hall–Kier alpha value is -2.80. The Labute approximate surface area is 169 Å². The summed E-state index contributed by atoms with van der Waals surface area (Å²) in [4.78, 5) is 26.5. The van der Waals surface area contributed by atoms with Gasteiger partial charge in [0.2, 0.25) is 11.8 Å². The van der Waals surface area contributed by atoms with Crippen LogP contribution in [-0.2, 0) is 9.59 Å². The lowest BCUT2D eigenvalue weighted by Gasteiger charge is -2.31. The molecule has 0 aromatic heterocycles. The summed E-state index contributed by atoms with van der Waals surface area (Å²) >= 11 is 0. The third kappa shape index (κ3) is 5.60. The van der Waals surface area contributed by atoms with E-state index in [9.17, 15) is 18.4 Å². The van der Waals surface area contributed by atoms with Crippen LogP contribution >= 0.6 is 0 Å². The number of nitrogens with zero attached hydrogens (tertiary/aromatic N) is 1. The highest BCUT2D eigenvalue weighted by atomic mass is 19.1. The smallest absolute Gasteiger partial charge is 0.236 e. The minimum Gasteiger partial charge on any atom is -0.342 e. The van der Waals surface area contributed by atoms with Crippen LogP contribution in [0, 0.1) is 17.6 Å². The van der Waals surface area contributed by atoms with Gasteiger partial charge in [-0.1, -0.05) is 24.3 Å². The fourth-order valence-corrected chi connectivity index (χ4v) is 3.47. The summed E-state index contributed by atoms with van der Waals surface area (Å²) in [7, 11) is 0. The Morgan fingerprint density at radius 3 is 2.45 bits per heavy atom. The van der Waals surface area contributed by atoms with Crippen LogP contribution in [0.4, 0.5) is 14.5 Å². The number of rotatable bonds is 6. The number of benzene rings is 2. The molecule has 1 aliphatic rings. The SMILES string of the molecule is CC(NCC(=O)N1CCC(C(=O)Nc2ccccc2)CC1)c1ccc(F)cc1F. The van der Waals surface area contributed by atoms with Crippen LogP contribution in [-0.4, -0.2) is 36.3 Å². The molecule has 5 nitrogen and oxygen atoms in total. The molecule has 0 radical (unpaired) electrons. The number of halogens is 2. The molecule has 0 saturated carbocycles. The zero-order chi connectivity index (χ0) is 20.8. The maximum Gasteiger partial charge on any atom is 0.236 e. The highest BCUT2D eigenvalue weighted by molar-refractivity contribution is 5.92. The predicted octanol–water partition coefficient (Wildman–Crippen LogP) is 3.49. The lowest BCUT2D eigenvalue weighted by molar-refractivity contribution is -0.133. The minimum absolute atomic E-state index is 0.0261. The van der Waals surface area contributed by atoms with Gasteiger partial charge in [0.05, 0.1) is 6.54 Å². The van der Waals surface area contributed by atoms with Crippen molar-refractivity contribution in [3.05, 3.63) is 65.7 Å². The Morgan fingerprint density at radius 1 is 1.10 bits per heavy atom. The number of nitrogens with one attached hydrogen (secondary N) is 2. The first kappa shape index (κ1) is 20.9. The first-order valence-electron chi connectivity index (χ1n) is 9.76. The second-order valence-electron chi connectivity index (χ2n) is 7.28. The van der Waals surface area contributed by atoms with Crippen LogP contribution in [0.1, 0.15) is 31.4 Å². The van der Waals surface area contributed by atoms with Gasteiger partial charge in [0.25, 0.3) is 0 Å². The second-order valence-corrected chi connectivity index (χ2v) is 7.28. The molecule has 2 aromatic rings. The zero-order valence-electron chi connectivity index (χ0n) is 16.3. The first-order chi connectivity index (χ1) is 13.9. The van der Waals surface area contributed by atoms with E-state index in [-0.39, 0.29) is 24.3 Å². The van der Waals surface area contributed by atoms with E-state index in [4.69, 9.17) is 0 Å². The van der Waals surface area contributed by atoms with E-state index >= 15 is 0 Å². The van der Waals surface area contributed by atoms with Crippen molar-refractivity contribution in [2.45, 2.75) is 25.8 Å². The van der Waals surface area contributed by atoms with Gasteiger partial charge in [0, 0.05) is 42.4 Å². The number of likely N-dealkylation sites (tertiary alicyclic amines) is 1. The standard InChI is InChI=1S/C22H25F2N3O2/c1-15(19-8-7-17(23)13-20(19)24)25-14-21(28)27-11-9-16(10-12-27)22(29)26-18-5-3-2-4-6-18/h2-8,13,15-16,25H,9-12,14H2,1H3,(H,26,29). The topological polar surface area (TPSA) is 61.4 Å². The number of carbonyl (C=O) groups is 2. The molecule has 2 amide bonds. The summed E-state index contributed by atoms with van der Waals surface area (Å²) in [5.41, 5.74) is 1.08. The Balaban J connectivity index is 1.44. The summed E-state index contributed by atoms with van der Waals surface area (Å²) in [6, 6.07) is 12.3. The highest BCUT2D eigenvalue weighted by Gasteiger charge is 2.27. The molecule has 2 aromatic carbocycles. The molecule has 0 aliphatic carbocycles. The molecule has 1 atom stereocenters. The summed E-state index contributed by atoms with van der Waals surface area (Å²) in [6.45, 7) is 2.79. The fourth-order valence-electron chi connectivity index (χ4n) is 3.47. The fraction of sp³-hybridized carbons (Fsp3) is 0.364. The number of carbonyl (C=O) groups excluding carboxylic acids is 2. The van der Waals surface area contributed by atoms with Crippen molar-refractivity contribution in [2.24, 2.45) is 5.92 Å². The van der Waals surface area contributed by atoms with Gasteiger partial charge in [0.15, 0.2) is 0 Å². The largest absolute Gasteiger partial charge is 0.342 e. The third-order valence-corrected chi connectivity index (χ3v) is 5.25. The lowest BCUT2D eigenvalue weighted by atomic mass is 9.95. The zero-order valence-corrected chi connectivity index (χ0v) is 16.3. The molecule has 29 heavy (non-hydrogen) atoms. The number of anilines is 1. The maximum atomic E-state index is 13.8. The van der Waals surface area contributed by atoms with Crippen molar-refractivity contribution in [1.82, 2.24) is 10.2 Å². The molecule has 0 bridgehead atoms. The minimum atomic E-state index is -0.636. The first-order valence-corrected chi connectivity index (χ1v) is 9.76. The molecule has 0 spiro atoms. The summed E-state index contributed by atoms with van der Waals surface area (Å²) in [6.07, 6.45) is 1.21. The van der Waals surface area contributed by atoms with E-state index < -0.39 is 17.7 Å². The monoisotopic (exact) mass is 401 g/mol. The lowest BCUT2D eigenvalue weighted by Crippen LogP contribution is -2.45. The summed E-state index contributed by atoms with van der Waals surface area (Å²) < 4.78 is 26.9. The van der Waals surface area contributed by atoms with Crippen LogP contribution in [0.2, 0.25) is 0 Å². The average molecular weight is 401 g/mol. The predicted molar refractivity (Wildman–Crippen MR) is 107 cm³/mol. The second kappa shape index (κ2) is 9.60. The van der Waals surface area contributed by atoms with Crippen molar-refractivity contribution in [3.8, 4) is 0 Å². The quantitative estimate of drug-likeness (QED) is 0.779. The van der Waals surface area contributed by atoms with E-state index in [1.54, 1.807) is 11.8 Å². The highest BCUT2D eigenvalue weighted by Crippen LogP contribution is 2.20. The van der Waals surface area contributed by atoms with Gasteiger partial charge in [0.1, 0.15) is 11.6 Å². The van der Waals surface area contributed by atoms with Crippen LogP contribution < -0.4 is 10.6 Å². The van der Waals surface area contributed by atoms with Crippen LogP contribution in [0.15, 0.2) is 48.5 Å². The molecule has 1 unspecified atom stereocenters. The summed E-state index contributed by atoms with van der Waals surface area (Å²) in [5, 5.41) is 5.90. The van der Waals surface area contributed by atoms with Crippen molar-refractivity contribution < 1.29 is 18.4 Å². The number of hydrogen-bond acceptors (Lipinski definition) is 3. The van der Waals surface area contributed by atoms with Gasteiger partial charge in [-0.25, -0.2) is 8.78 Å². The number of hydrogen-bond donors (Lipinski definition) is 2. The number of piperidine rings is 1. The van der Waals surface area contributed by atoms with Gasteiger partial charge in [-0.2, -0.15) is 0 Å². The molecular weight excluding hydrogens is 376 g/mol. The normalized spacial score (nSPS) is 15.8. The van der Waals surface area contributed by atoms with Gasteiger partial charge in [-0.05, 0) is 38.0 Å². The molecule has 2 N–H and O–H groups in total. The molecule has 1 heterocycles. The maximum absolute atomic E-state index is 13.8. The molecule has 1 saturated heterocycles. The van der Waals surface area contributed by atoms with Crippen LogP contribution in [0.3, 0.4) is 0 Å². The van der Waals surface area contributed by atoms with E-state index in [1.165, 1.54) is 12.1 Å². The van der Waals surface area contributed by atoms with Gasteiger partial charge >= 0.3 is 0 Å². The van der Waals surface area contributed by atoms with Crippen LogP contribution in [0.5, 0.6) is 0 Å². The number of amides is 2. The number of para-hydroxylation sites is 1. The Kier molecular flexibility index (Phi) is 6.93. The van der Waals surface area contributed by atoms with Crippen LogP contribution in [0.25, 0.3) is 0 Å². The molecular formula is C22H25F2N3O2.